The summed E-state index contributed by atoms with van der Waals surface area (Å²) in [5.74, 6) is 0. The van der Waals surface area contributed by atoms with Crippen LogP contribution < -0.4 is 0 Å². The van der Waals surface area contributed by atoms with E-state index in [1.54, 1.807) is 0 Å². The van der Waals surface area contributed by atoms with E-state index in [0.717, 1.165) is 6.54 Å². The summed E-state index contributed by atoms with van der Waals surface area (Å²) >= 11 is 0. The lowest BCUT2D eigenvalue weighted by atomic mass is 10.1. The molecule has 1 aliphatic rings. The summed E-state index contributed by atoms with van der Waals surface area (Å²) in [7, 11) is 0. The fraction of sp³-hybridized carbons (Fsp3) is 0.724. The van der Waals surface area contributed by atoms with Gasteiger partial charge in [0.15, 0.2) is 0 Å². The van der Waals surface area contributed by atoms with Gasteiger partial charge >= 0.3 is 0 Å². The van der Waals surface area contributed by atoms with Crippen LogP contribution in [0.4, 0.5) is 0 Å². The van der Waals surface area contributed by atoms with Gasteiger partial charge in [0.05, 0.1) is 0 Å². The highest BCUT2D eigenvalue weighted by molar-refractivity contribution is 5.15. The molecule has 0 aromatic heterocycles. The molecule has 0 fully saturated rings. The highest BCUT2D eigenvalue weighted by atomic mass is 15.4. The van der Waals surface area contributed by atoms with Crippen LogP contribution in [0.25, 0.3) is 0 Å². The molecule has 0 spiro atoms. The van der Waals surface area contributed by atoms with Crippen LogP contribution in [0.5, 0.6) is 0 Å². The first-order valence-corrected chi connectivity index (χ1v) is 13.6. The quantitative estimate of drug-likeness (QED) is 0.204. The van der Waals surface area contributed by atoms with E-state index in [0.29, 0.717) is 6.17 Å². The molecule has 0 saturated heterocycles. The first-order valence-electron chi connectivity index (χ1n) is 13.6. The first-order chi connectivity index (χ1) is 15.3. The zero-order valence-electron chi connectivity index (χ0n) is 20.7. The van der Waals surface area contributed by atoms with Gasteiger partial charge in [0.25, 0.3) is 0 Å². The second-order valence-electron chi connectivity index (χ2n) is 9.56. The molecule has 2 nitrogen and oxygen atoms in total. The van der Waals surface area contributed by atoms with E-state index in [1.807, 2.05) is 0 Å². The predicted molar refractivity (Wildman–Crippen MR) is 137 cm³/mol. The van der Waals surface area contributed by atoms with Crippen LogP contribution in [0, 0.1) is 0 Å². The third kappa shape index (κ3) is 11.1. The van der Waals surface area contributed by atoms with Crippen molar-refractivity contribution in [2.45, 2.75) is 129 Å². The Kier molecular flexibility index (Phi) is 14.3. The normalized spacial score (nSPS) is 15.9. The van der Waals surface area contributed by atoms with Gasteiger partial charge in [0.1, 0.15) is 6.17 Å². The molecule has 0 saturated carbocycles. The van der Waals surface area contributed by atoms with Crippen molar-refractivity contribution in [3.05, 3.63) is 48.3 Å². The number of rotatable bonds is 19. The fourth-order valence-corrected chi connectivity index (χ4v) is 4.78. The Morgan fingerprint density at radius 3 is 1.71 bits per heavy atom. The molecular formula is C29H50N2. The molecular weight excluding hydrogens is 376 g/mol. The van der Waals surface area contributed by atoms with Crippen molar-refractivity contribution < 1.29 is 0 Å². The lowest BCUT2D eigenvalue weighted by Crippen LogP contribution is -2.38. The van der Waals surface area contributed by atoms with E-state index in [4.69, 9.17) is 0 Å². The topological polar surface area (TPSA) is 6.48 Å². The maximum atomic E-state index is 2.63. The number of hydrogen-bond acceptors (Lipinski definition) is 2. The smallest absolute Gasteiger partial charge is 0.101 e. The van der Waals surface area contributed by atoms with Crippen LogP contribution in [0.3, 0.4) is 0 Å². The third-order valence-corrected chi connectivity index (χ3v) is 6.76. The van der Waals surface area contributed by atoms with Crippen LogP contribution in [0.15, 0.2) is 42.7 Å². The summed E-state index contributed by atoms with van der Waals surface area (Å²) in [6.07, 6.45) is 27.6. The summed E-state index contributed by atoms with van der Waals surface area (Å²) in [6.45, 7) is 6.85. The van der Waals surface area contributed by atoms with E-state index in [2.05, 4.69) is 66.4 Å². The Labute approximate surface area is 194 Å². The number of unbranched alkanes of at least 4 members (excludes halogenated alkanes) is 13. The highest BCUT2D eigenvalue weighted by Gasteiger charge is 2.25. The van der Waals surface area contributed by atoms with Gasteiger partial charge in [-0.05, 0) is 24.8 Å². The first kappa shape index (κ1) is 25.8. The minimum atomic E-state index is 0.556. The van der Waals surface area contributed by atoms with Gasteiger partial charge in [0.2, 0.25) is 0 Å². The van der Waals surface area contributed by atoms with E-state index < -0.39 is 0 Å². The van der Waals surface area contributed by atoms with Gasteiger partial charge in [-0.2, -0.15) is 0 Å². The standard InChI is InChI=1S/C29H50N2/c1-3-5-7-9-10-11-12-13-14-15-20-24-30-25-26-31(27-28-21-17-16-18-22-28)29(30)23-19-8-6-4-2/h16-18,21-22,25-26,29H,3-15,19-20,23-24,27H2,1-2H3. The fourth-order valence-electron chi connectivity index (χ4n) is 4.78. The molecule has 31 heavy (non-hydrogen) atoms. The Balaban J connectivity index is 1.64. The molecule has 1 aromatic carbocycles. The number of nitrogens with zero attached hydrogens (tertiary/aromatic N) is 2. The van der Waals surface area contributed by atoms with Gasteiger partial charge in [-0.1, -0.05) is 128 Å². The maximum Gasteiger partial charge on any atom is 0.101 e. The predicted octanol–water partition coefficient (Wildman–Crippen LogP) is 8.88. The minimum absolute atomic E-state index is 0.556. The Morgan fingerprint density at radius 1 is 0.581 bits per heavy atom. The zero-order chi connectivity index (χ0) is 22.0. The van der Waals surface area contributed by atoms with Crippen molar-refractivity contribution in [3.63, 3.8) is 0 Å². The van der Waals surface area contributed by atoms with Gasteiger partial charge in [-0.25, -0.2) is 0 Å². The van der Waals surface area contributed by atoms with Gasteiger partial charge in [0, 0.05) is 25.5 Å². The maximum absolute atomic E-state index is 2.63. The lowest BCUT2D eigenvalue weighted by Gasteiger charge is -2.33. The zero-order valence-corrected chi connectivity index (χ0v) is 20.7. The molecule has 1 heterocycles. The molecule has 1 aliphatic heterocycles. The largest absolute Gasteiger partial charge is 0.356 e. The third-order valence-electron chi connectivity index (χ3n) is 6.76. The molecule has 0 N–H and O–H groups in total. The van der Waals surface area contributed by atoms with Crippen LogP contribution in [-0.4, -0.2) is 22.5 Å². The summed E-state index contributed by atoms with van der Waals surface area (Å²) in [6, 6.07) is 11.0. The van der Waals surface area contributed by atoms with Crippen LogP contribution in [-0.2, 0) is 6.54 Å². The molecule has 2 rings (SSSR count). The average molecular weight is 427 g/mol. The Bertz CT molecular complexity index is 553. The molecule has 0 bridgehead atoms. The van der Waals surface area contributed by atoms with E-state index >= 15 is 0 Å². The van der Waals surface area contributed by atoms with Gasteiger partial charge < -0.3 is 9.80 Å². The molecule has 1 unspecified atom stereocenters. The average Bonchev–Trinajstić information content (AvgIpc) is 3.17. The van der Waals surface area contributed by atoms with Gasteiger partial charge in [-0.15, -0.1) is 0 Å². The summed E-state index contributed by atoms with van der Waals surface area (Å²) in [5, 5.41) is 0. The highest BCUT2D eigenvalue weighted by Crippen LogP contribution is 2.24. The van der Waals surface area contributed by atoms with Crippen molar-refractivity contribution in [2.24, 2.45) is 0 Å². The lowest BCUT2D eigenvalue weighted by molar-refractivity contribution is 0.132. The van der Waals surface area contributed by atoms with E-state index in [1.165, 1.54) is 115 Å². The number of benzene rings is 1. The Hall–Kier alpha value is -1.44. The van der Waals surface area contributed by atoms with Crippen molar-refractivity contribution in [1.29, 1.82) is 0 Å². The van der Waals surface area contributed by atoms with Crippen LogP contribution in [0.2, 0.25) is 0 Å². The summed E-state index contributed by atoms with van der Waals surface area (Å²) < 4.78 is 0. The van der Waals surface area contributed by atoms with Crippen molar-refractivity contribution in [1.82, 2.24) is 9.80 Å². The molecule has 0 amide bonds. The van der Waals surface area contributed by atoms with Crippen LogP contribution in [0.1, 0.15) is 122 Å². The summed E-state index contributed by atoms with van der Waals surface area (Å²) in [5.41, 5.74) is 1.42. The minimum Gasteiger partial charge on any atom is -0.356 e. The summed E-state index contributed by atoms with van der Waals surface area (Å²) in [4.78, 5) is 5.20. The Morgan fingerprint density at radius 2 is 1.10 bits per heavy atom. The SMILES string of the molecule is CCCCCCCCCCCCCN1C=CN(Cc2ccccc2)C1CCCCCC. The van der Waals surface area contributed by atoms with Crippen LogP contribution >= 0.6 is 0 Å². The van der Waals surface area contributed by atoms with Gasteiger partial charge in [-0.3, -0.25) is 0 Å². The van der Waals surface area contributed by atoms with Crippen molar-refractivity contribution in [3.8, 4) is 0 Å². The molecule has 1 aromatic rings. The second-order valence-corrected chi connectivity index (χ2v) is 9.56. The second kappa shape index (κ2) is 17.2. The number of hydrogen-bond donors (Lipinski definition) is 0. The molecule has 1 atom stereocenters. The van der Waals surface area contributed by atoms with Crippen molar-refractivity contribution in [2.75, 3.05) is 6.54 Å². The molecule has 176 valence electrons. The van der Waals surface area contributed by atoms with Crippen molar-refractivity contribution >= 4 is 0 Å². The van der Waals surface area contributed by atoms with E-state index in [-0.39, 0.29) is 0 Å². The monoisotopic (exact) mass is 426 g/mol. The molecule has 0 radical (unpaired) electrons. The van der Waals surface area contributed by atoms with E-state index in [9.17, 15) is 0 Å². The molecule has 0 aliphatic carbocycles. The molecule has 2 heteroatoms.